The number of methoxy groups -OCH3 is 2. The number of morpholine rings is 1. The van der Waals surface area contributed by atoms with Crippen LogP contribution < -0.4 is 19.7 Å². The Bertz CT molecular complexity index is 730. The molecular formula is C17H20N4O4. The topological polar surface area (TPSA) is 85.8 Å². The van der Waals surface area contributed by atoms with Crippen molar-refractivity contribution >= 4 is 17.4 Å². The van der Waals surface area contributed by atoms with Crippen molar-refractivity contribution in [3.8, 4) is 11.5 Å². The van der Waals surface area contributed by atoms with Crippen LogP contribution in [-0.4, -0.2) is 56.4 Å². The van der Waals surface area contributed by atoms with Crippen molar-refractivity contribution in [3.05, 3.63) is 36.3 Å². The fourth-order valence-corrected chi connectivity index (χ4v) is 2.50. The SMILES string of the molecule is COc1ccc(NC(=O)c2cnc(N3CCOCC3)cn2)cc1OC. The van der Waals surface area contributed by atoms with E-state index < -0.39 is 0 Å². The lowest BCUT2D eigenvalue weighted by Gasteiger charge is -2.27. The summed E-state index contributed by atoms with van der Waals surface area (Å²) in [6.45, 7) is 2.88. The molecule has 2 aromatic rings. The number of hydrogen-bond acceptors (Lipinski definition) is 7. The highest BCUT2D eigenvalue weighted by molar-refractivity contribution is 6.02. The summed E-state index contributed by atoms with van der Waals surface area (Å²) in [4.78, 5) is 23.0. The lowest BCUT2D eigenvalue weighted by molar-refractivity contribution is 0.102. The van der Waals surface area contributed by atoms with Gasteiger partial charge in [-0.3, -0.25) is 4.79 Å². The highest BCUT2D eigenvalue weighted by atomic mass is 16.5. The minimum atomic E-state index is -0.340. The molecule has 1 aromatic carbocycles. The quantitative estimate of drug-likeness (QED) is 0.881. The van der Waals surface area contributed by atoms with Gasteiger partial charge >= 0.3 is 0 Å². The average Bonchev–Trinajstić information content (AvgIpc) is 2.68. The zero-order valence-corrected chi connectivity index (χ0v) is 14.2. The summed E-state index contributed by atoms with van der Waals surface area (Å²) in [6.07, 6.45) is 3.08. The van der Waals surface area contributed by atoms with Crippen molar-refractivity contribution in [1.29, 1.82) is 0 Å². The van der Waals surface area contributed by atoms with Crippen molar-refractivity contribution < 1.29 is 19.0 Å². The number of nitrogens with zero attached hydrogens (tertiary/aromatic N) is 3. The fraction of sp³-hybridized carbons (Fsp3) is 0.353. The van der Waals surface area contributed by atoms with E-state index in [1.807, 2.05) is 0 Å². The molecule has 2 heterocycles. The number of hydrogen-bond donors (Lipinski definition) is 1. The summed E-state index contributed by atoms with van der Waals surface area (Å²) in [5.74, 6) is 1.53. The van der Waals surface area contributed by atoms with Gasteiger partial charge in [0.2, 0.25) is 0 Å². The number of aromatic nitrogens is 2. The molecule has 3 rings (SSSR count). The van der Waals surface area contributed by atoms with Crippen molar-refractivity contribution in [2.45, 2.75) is 0 Å². The third kappa shape index (κ3) is 3.97. The van der Waals surface area contributed by atoms with Gasteiger partial charge in [-0.25, -0.2) is 9.97 Å². The summed E-state index contributed by atoms with van der Waals surface area (Å²) in [5.41, 5.74) is 0.827. The van der Waals surface area contributed by atoms with Gasteiger partial charge in [0.1, 0.15) is 11.5 Å². The zero-order chi connectivity index (χ0) is 17.6. The Labute approximate surface area is 145 Å². The molecule has 8 heteroatoms. The van der Waals surface area contributed by atoms with Crippen LogP contribution in [0.5, 0.6) is 11.5 Å². The Kier molecular flexibility index (Phi) is 5.30. The van der Waals surface area contributed by atoms with Crippen LogP contribution in [0.1, 0.15) is 10.5 Å². The summed E-state index contributed by atoms with van der Waals surface area (Å²) in [7, 11) is 3.10. The van der Waals surface area contributed by atoms with E-state index in [0.717, 1.165) is 18.9 Å². The molecule has 0 bridgehead atoms. The monoisotopic (exact) mass is 344 g/mol. The van der Waals surface area contributed by atoms with Crippen LogP contribution in [0.4, 0.5) is 11.5 Å². The number of benzene rings is 1. The summed E-state index contributed by atoms with van der Waals surface area (Å²) < 4.78 is 15.7. The average molecular weight is 344 g/mol. The highest BCUT2D eigenvalue weighted by Gasteiger charge is 2.15. The number of nitrogens with one attached hydrogen (secondary N) is 1. The van der Waals surface area contributed by atoms with Gasteiger partial charge in [0.05, 0.1) is 39.8 Å². The molecule has 8 nitrogen and oxygen atoms in total. The molecule has 0 atom stereocenters. The predicted molar refractivity (Wildman–Crippen MR) is 92.6 cm³/mol. The largest absolute Gasteiger partial charge is 0.493 e. The maximum absolute atomic E-state index is 12.3. The second-order valence-corrected chi connectivity index (χ2v) is 5.38. The highest BCUT2D eigenvalue weighted by Crippen LogP contribution is 2.29. The van der Waals surface area contributed by atoms with Crippen LogP contribution in [0.2, 0.25) is 0 Å². The predicted octanol–water partition coefficient (Wildman–Crippen LogP) is 1.58. The number of ether oxygens (including phenoxy) is 3. The van der Waals surface area contributed by atoms with Crippen LogP contribution in [0.15, 0.2) is 30.6 Å². The Morgan fingerprint density at radius 3 is 2.52 bits per heavy atom. The number of carbonyl (C=O) groups is 1. The number of amides is 1. The molecule has 1 amide bonds. The van der Waals surface area contributed by atoms with Gasteiger partial charge in [-0.15, -0.1) is 0 Å². The molecule has 0 saturated carbocycles. The standard InChI is InChI=1S/C17H20N4O4/c1-23-14-4-3-12(9-15(14)24-2)20-17(22)13-10-19-16(11-18-13)21-5-7-25-8-6-21/h3-4,9-11H,5-8H2,1-2H3,(H,20,22). The number of rotatable bonds is 5. The molecule has 1 aliphatic heterocycles. The van der Waals surface area contributed by atoms with Crippen LogP contribution in [-0.2, 0) is 4.74 Å². The third-order valence-corrected chi connectivity index (χ3v) is 3.85. The molecule has 132 valence electrons. The summed E-state index contributed by atoms with van der Waals surface area (Å²) in [6, 6.07) is 5.14. The van der Waals surface area contributed by atoms with Crippen LogP contribution in [0.25, 0.3) is 0 Å². The Morgan fingerprint density at radius 2 is 1.88 bits per heavy atom. The molecule has 0 unspecified atom stereocenters. The Hall–Kier alpha value is -2.87. The number of carbonyl (C=O) groups excluding carboxylic acids is 1. The smallest absolute Gasteiger partial charge is 0.275 e. The second kappa shape index (κ2) is 7.80. The van der Waals surface area contributed by atoms with Gasteiger partial charge in [-0.05, 0) is 12.1 Å². The maximum Gasteiger partial charge on any atom is 0.275 e. The van der Waals surface area contributed by atoms with Crippen molar-refractivity contribution in [1.82, 2.24) is 9.97 Å². The Balaban J connectivity index is 1.68. The van der Waals surface area contributed by atoms with Crippen molar-refractivity contribution in [3.63, 3.8) is 0 Å². The third-order valence-electron chi connectivity index (χ3n) is 3.85. The van der Waals surface area contributed by atoms with Crippen LogP contribution in [0.3, 0.4) is 0 Å². The number of anilines is 2. The molecular weight excluding hydrogens is 324 g/mol. The minimum Gasteiger partial charge on any atom is -0.493 e. The normalized spacial score (nSPS) is 14.1. The van der Waals surface area contributed by atoms with Gasteiger partial charge < -0.3 is 24.4 Å². The zero-order valence-electron chi connectivity index (χ0n) is 14.2. The summed E-state index contributed by atoms with van der Waals surface area (Å²) in [5, 5.41) is 2.77. The van der Waals surface area contributed by atoms with Crippen molar-refractivity contribution in [2.24, 2.45) is 0 Å². The van der Waals surface area contributed by atoms with Gasteiger partial charge in [-0.2, -0.15) is 0 Å². The van der Waals surface area contributed by atoms with E-state index >= 15 is 0 Å². The molecule has 1 aromatic heterocycles. The first-order chi connectivity index (χ1) is 12.2. The first-order valence-electron chi connectivity index (χ1n) is 7.89. The lowest BCUT2D eigenvalue weighted by Crippen LogP contribution is -2.36. The van der Waals surface area contributed by atoms with E-state index in [9.17, 15) is 4.79 Å². The van der Waals surface area contributed by atoms with E-state index in [2.05, 4.69) is 20.2 Å². The molecule has 1 N–H and O–H groups in total. The van der Waals surface area contributed by atoms with Gasteiger partial charge in [0.15, 0.2) is 11.5 Å². The van der Waals surface area contributed by atoms with E-state index in [0.29, 0.717) is 30.4 Å². The van der Waals surface area contributed by atoms with Crippen molar-refractivity contribution in [2.75, 3.05) is 50.7 Å². The molecule has 0 aliphatic carbocycles. The second-order valence-electron chi connectivity index (χ2n) is 5.38. The Morgan fingerprint density at radius 1 is 1.12 bits per heavy atom. The first-order valence-corrected chi connectivity index (χ1v) is 7.89. The first kappa shape index (κ1) is 17.0. The maximum atomic E-state index is 12.3. The van der Waals surface area contributed by atoms with E-state index in [4.69, 9.17) is 14.2 Å². The van der Waals surface area contributed by atoms with Gasteiger partial charge in [0, 0.05) is 24.8 Å². The van der Waals surface area contributed by atoms with Gasteiger partial charge in [0.25, 0.3) is 5.91 Å². The van der Waals surface area contributed by atoms with Gasteiger partial charge in [-0.1, -0.05) is 0 Å². The molecule has 25 heavy (non-hydrogen) atoms. The molecule has 0 radical (unpaired) electrons. The minimum absolute atomic E-state index is 0.242. The molecule has 1 fully saturated rings. The van der Waals surface area contributed by atoms with E-state index in [1.54, 1.807) is 38.6 Å². The lowest BCUT2D eigenvalue weighted by atomic mass is 10.2. The summed E-state index contributed by atoms with van der Waals surface area (Å²) >= 11 is 0. The fourth-order valence-electron chi connectivity index (χ4n) is 2.50. The van der Waals surface area contributed by atoms with E-state index in [1.165, 1.54) is 6.20 Å². The van der Waals surface area contributed by atoms with Crippen LogP contribution >= 0.6 is 0 Å². The van der Waals surface area contributed by atoms with E-state index in [-0.39, 0.29) is 11.6 Å². The molecule has 1 aliphatic rings. The molecule has 0 spiro atoms. The van der Waals surface area contributed by atoms with Crippen LogP contribution in [0, 0.1) is 0 Å². The molecule has 1 saturated heterocycles.